The molecular weight excluding hydrogens is 264 g/mol. The highest BCUT2D eigenvalue weighted by Gasteiger charge is 2.18. The van der Waals surface area contributed by atoms with Gasteiger partial charge >= 0.3 is 0 Å². The van der Waals surface area contributed by atoms with E-state index in [1.807, 2.05) is 13.0 Å². The molecular formula is C10H9BrO2S. The molecule has 14 heavy (non-hydrogen) atoms. The van der Waals surface area contributed by atoms with E-state index in [1.165, 1.54) is 0 Å². The van der Waals surface area contributed by atoms with Crippen LogP contribution in [0.2, 0.25) is 0 Å². The molecule has 4 heteroatoms. The maximum atomic E-state index is 9.96. The van der Waals surface area contributed by atoms with Crippen molar-refractivity contribution >= 4 is 27.3 Å². The van der Waals surface area contributed by atoms with Crippen LogP contribution in [0.4, 0.5) is 0 Å². The first kappa shape index (κ1) is 9.96. The summed E-state index contributed by atoms with van der Waals surface area (Å²) in [5.74, 6) is 0.576. The molecule has 2 heterocycles. The molecule has 0 fully saturated rings. The fourth-order valence-corrected chi connectivity index (χ4v) is 3.13. The zero-order valence-corrected chi connectivity index (χ0v) is 9.93. The predicted molar refractivity (Wildman–Crippen MR) is 59.5 cm³/mol. The molecule has 2 rings (SSSR count). The summed E-state index contributed by atoms with van der Waals surface area (Å²) in [6, 6.07) is 5.53. The Morgan fingerprint density at radius 3 is 2.86 bits per heavy atom. The molecule has 0 saturated carbocycles. The lowest BCUT2D eigenvalue weighted by Crippen LogP contribution is -1.95. The lowest BCUT2D eigenvalue weighted by Gasteiger charge is -2.05. The Labute approximate surface area is 94.3 Å². The van der Waals surface area contributed by atoms with Crippen molar-refractivity contribution in [3.8, 4) is 0 Å². The molecule has 0 bridgehead atoms. The fourth-order valence-electron chi connectivity index (χ4n) is 1.26. The van der Waals surface area contributed by atoms with Crippen LogP contribution in [-0.4, -0.2) is 5.11 Å². The largest absolute Gasteiger partial charge is 0.466 e. The zero-order chi connectivity index (χ0) is 10.1. The molecule has 0 aromatic carbocycles. The van der Waals surface area contributed by atoms with E-state index in [0.29, 0.717) is 5.76 Å². The smallest absolute Gasteiger partial charge is 0.147 e. The summed E-state index contributed by atoms with van der Waals surface area (Å²) in [6.07, 6.45) is 0.894. The van der Waals surface area contributed by atoms with Gasteiger partial charge in [-0.3, -0.25) is 0 Å². The average Bonchev–Trinajstić information content (AvgIpc) is 2.73. The maximum absolute atomic E-state index is 9.96. The lowest BCUT2D eigenvalue weighted by molar-refractivity contribution is 0.192. The second kappa shape index (κ2) is 3.88. The Kier molecular flexibility index (Phi) is 2.76. The minimum atomic E-state index is -0.668. The van der Waals surface area contributed by atoms with Gasteiger partial charge < -0.3 is 9.52 Å². The third-order valence-electron chi connectivity index (χ3n) is 1.90. The Morgan fingerprint density at radius 1 is 1.57 bits per heavy atom. The number of aliphatic hydroxyl groups excluding tert-OH is 1. The van der Waals surface area contributed by atoms with Crippen molar-refractivity contribution in [3.05, 3.63) is 44.4 Å². The van der Waals surface area contributed by atoms with Gasteiger partial charge in [0.2, 0.25) is 0 Å². The molecule has 2 nitrogen and oxygen atoms in total. The van der Waals surface area contributed by atoms with Crippen LogP contribution in [0.15, 0.2) is 33.4 Å². The van der Waals surface area contributed by atoms with Gasteiger partial charge in [0.25, 0.3) is 0 Å². The first-order chi connectivity index (χ1) is 6.68. The first-order valence-electron chi connectivity index (χ1n) is 4.16. The van der Waals surface area contributed by atoms with Gasteiger partial charge in [-0.2, -0.15) is 0 Å². The van der Waals surface area contributed by atoms with Crippen LogP contribution < -0.4 is 0 Å². The Hall–Kier alpha value is -0.580. The van der Waals surface area contributed by atoms with Crippen LogP contribution in [0, 0.1) is 6.92 Å². The molecule has 1 atom stereocenters. The average molecular weight is 273 g/mol. The summed E-state index contributed by atoms with van der Waals surface area (Å²) in [5.41, 5.74) is 0. The molecule has 0 spiro atoms. The molecule has 0 amide bonds. The van der Waals surface area contributed by atoms with Gasteiger partial charge in [0.1, 0.15) is 11.9 Å². The van der Waals surface area contributed by atoms with Crippen molar-refractivity contribution in [1.29, 1.82) is 0 Å². The van der Waals surface area contributed by atoms with Crippen LogP contribution in [0.1, 0.15) is 21.6 Å². The molecule has 2 aromatic heterocycles. The summed E-state index contributed by atoms with van der Waals surface area (Å²) in [5, 5.41) is 9.96. The highest BCUT2D eigenvalue weighted by Crippen LogP contribution is 2.35. The summed E-state index contributed by atoms with van der Waals surface area (Å²) >= 11 is 4.98. The van der Waals surface area contributed by atoms with Crippen LogP contribution in [0.3, 0.4) is 0 Å². The number of hydrogen-bond acceptors (Lipinski definition) is 3. The van der Waals surface area contributed by atoms with Gasteiger partial charge in [-0.25, -0.2) is 0 Å². The molecule has 74 valence electrons. The molecule has 0 aliphatic carbocycles. The van der Waals surface area contributed by atoms with E-state index in [9.17, 15) is 5.11 Å². The van der Waals surface area contributed by atoms with Gasteiger partial charge in [0, 0.05) is 9.35 Å². The summed E-state index contributed by atoms with van der Waals surface area (Å²) in [7, 11) is 0. The minimum absolute atomic E-state index is 0.576. The van der Waals surface area contributed by atoms with Crippen molar-refractivity contribution in [2.24, 2.45) is 0 Å². The fraction of sp³-hybridized carbons (Fsp3) is 0.200. The van der Waals surface area contributed by atoms with Gasteiger partial charge in [-0.05, 0) is 41.1 Å². The Bertz CT molecular complexity index is 419. The normalized spacial score (nSPS) is 13.1. The summed E-state index contributed by atoms with van der Waals surface area (Å²) < 4.78 is 6.08. The van der Waals surface area contributed by atoms with Crippen LogP contribution in [0.5, 0.6) is 0 Å². The number of rotatable bonds is 2. The molecule has 2 aromatic rings. The zero-order valence-electron chi connectivity index (χ0n) is 7.53. The second-order valence-corrected chi connectivity index (χ2v) is 5.13. The molecule has 0 aliphatic heterocycles. The predicted octanol–water partition coefficient (Wildman–Crippen LogP) is 3.49. The van der Waals surface area contributed by atoms with Crippen molar-refractivity contribution in [2.75, 3.05) is 0 Å². The van der Waals surface area contributed by atoms with Crippen LogP contribution >= 0.6 is 27.3 Å². The molecule has 1 N–H and O–H groups in total. The van der Waals surface area contributed by atoms with Crippen molar-refractivity contribution < 1.29 is 9.52 Å². The first-order valence-corrected chi connectivity index (χ1v) is 5.76. The number of thiophene rings is 1. The highest BCUT2D eigenvalue weighted by molar-refractivity contribution is 9.10. The molecule has 0 aliphatic rings. The summed E-state index contributed by atoms with van der Waals surface area (Å²) in [4.78, 5) is 2.05. The van der Waals surface area contributed by atoms with Gasteiger partial charge in [0.05, 0.1) is 11.1 Å². The van der Waals surface area contributed by atoms with Crippen LogP contribution in [-0.2, 0) is 0 Å². The number of hydrogen-bond donors (Lipinski definition) is 1. The summed E-state index contributed by atoms with van der Waals surface area (Å²) in [6.45, 7) is 2.01. The van der Waals surface area contributed by atoms with Crippen LogP contribution in [0.25, 0.3) is 0 Å². The van der Waals surface area contributed by atoms with E-state index in [0.717, 1.165) is 14.2 Å². The molecule has 1 unspecified atom stereocenters. The Morgan fingerprint density at radius 2 is 2.36 bits per heavy atom. The van der Waals surface area contributed by atoms with E-state index in [1.54, 1.807) is 29.7 Å². The van der Waals surface area contributed by atoms with Crippen molar-refractivity contribution in [2.45, 2.75) is 13.0 Å². The third-order valence-corrected chi connectivity index (χ3v) is 3.92. The Balaban J connectivity index is 2.36. The lowest BCUT2D eigenvalue weighted by atomic mass is 10.2. The van der Waals surface area contributed by atoms with Gasteiger partial charge in [0.15, 0.2) is 0 Å². The quantitative estimate of drug-likeness (QED) is 0.908. The standard InChI is InChI=1S/C10H9BrO2S/c1-6-5-7(11)10(14-6)9(12)8-3-2-4-13-8/h2-5,9,12H,1H3. The van der Waals surface area contributed by atoms with Gasteiger partial charge in [-0.1, -0.05) is 0 Å². The highest BCUT2D eigenvalue weighted by atomic mass is 79.9. The van der Waals surface area contributed by atoms with Gasteiger partial charge in [-0.15, -0.1) is 11.3 Å². The van der Waals surface area contributed by atoms with Crippen molar-refractivity contribution in [3.63, 3.8) is 0 Å². The number of furan rings is 1. The van der Waals surface area contributed by atoms with Crippen molar-refractivity contribution in [1.82, 2.24) is 0 Å². The third kappa shape index (κ3) is 1.78. The van der Waals surface area contributed by atoms with E-state index < -0.39 is 6.10 Å². The molecule has 0 saturated heterocycles. The second-order valence-electron chi connectivity index (χ2n) is 2.99. The number of aliphatic hydroxyl groups is 1. The SMILES string of the molecule is Cc1cc(Br)c(C(O)c2ccco2)s1. The monoisotopic (exact) mass is 272 g/mol. The number of halogens is 1. The minimum Gasteiger partial charge on any atom is -0.466 e. The molecule has 0 radical (unpaired) electrons. The topological polar surface area (TPSA) is 33.4 Å². The van der Waals surface area contributed by atoms with E-state index in [4.69, 9.17) is 4.42 Å². The maximum Gasteiger partial charge on any atom is 0.147 e. The van der Waals surface area contributed by atoms with E-state index in [2.05, 4.69) is 15.9 Å². The van der Waals surface area contributed by atoms with E-state index in [-0.39, 0.29) is 0 Å². The number of aryl methyl sites for hydroxylation is 1. The van der Waals surface area contributed by atoms with E-state index >= 15 is 0 Å².